The molecule has 2 heterocycles. The quantitative estimate of drug-likeness (QED) is 0.441. The van der Waals surface area contributed by atoms with E-state index in [1.54, 1.807) is 13.0 Å². The van der Waals surface area contributed by atoms with Gasteiger partial charge in [0.25, 0.3) is 0 Å². The van der Waals surface area contributed by atoms with Gasteiger partial charge in [0.1, 0.15) is 17.6 Å². The number of carbonyl (C=O) groups is 2. The van der Waals surface area contributed by atoms with Crippen LogP contribution in [0, 0.1) is 5.92 Å². The number of benzene rings is 1. The molecule has 5 N–H and O–H groups in total. The summed E-state index contributed by atoms with van der Waals surface area (Å²) in [5, 5.41) is 8.74. The molecule has 0 saturated carbocycles. The number of nitrogens with two attached hydrogens (primary N) is 1. The number of halogens is 4. The van der Waals surface area contributed by atoms with Crippen LogP contribution in [0.1, 0.15) is 42.6 Å². The molecule has 1 saturated heterocycles. The van der Waals surface area contributed by atoms with Gasteiger partial charge < -0.3 is 26.4 Å². The van der Waals surface area contributed by atoms with E-state index >= 15 is 0 Å². The summed E-state index contributed by atoms with van der Waals surface area (Å²) in [5.41, 5.74) is 8.28. The Morgan fingerprint density at radius 1 is 1.31 bits per heavy atom. The number of hydrogen-bond acceptors (Lipinski definition) is 6. The summed E-state index contributed by atoms with van der Waals surface area (Å²) in [4.78, 5) is 29.7. The molecule has 1 fully saturated rings. The minimum Gasteiger partial charge on any atom is -0.404 e. The number of rotatable bonds is 7. The average molecular weight is 526 g/mol. The summed E-state index contributed by atoms with van der Waals surface area (Å²) >= 11 is 5.93. The highest BCUT2D eigenvalue weighted by atomic mass is 35.5. The second-order valence-corrected chi connectivity index (χ2v) is 9.59. The van der Waals surface area contributed by atoms with Crippen LogP contribution in [-0.2, 0) is 22.4 Å². The van der Waals surface area contributed by atoms with Crippen LogP contribution in [0.25, 0.3) is 0 Å². The standard InChI is InChI=1S/C24H27ClF3N5O3/c1-12(22(34)33-18-5-4-17-15(18)3-7-21(29)32-17)31-23(35)19-10-14(11-30-19)8-13-2-6-20(16(25)9-13)36-24(26,27)28/h2-3,6-7,9,12,14,18-19,30H,4-5,8,10-11H2,1H3,(H2,29,32)(H,31,35)(H,33,34)/t12-,14-,18?,19+/m0/s1. The highest BCUT2D eigenvalue weighted by molar-refractivity contribution is 6.32. The minimum absolute atomic E-state index is 0.0743. The monoisotopic (exact) mass is 525 g/mol. The Labute approximate surface area is 211 Å². The highest BCUT2D eigenvalue weighted by Crippen LogP contribution is 2.32. The predicted octanol–water partition coefficient (Wildman–Crippen LogP) is 3.04. The Bertz CT molecular complexity index is 1150. The van der Waals surface area contributed by atoms with E-state index in [1.165, 1.54) is 18.2 Å². The van der Waals surface area contributed by atoms with Gasteiger partial charge in [-0.15, -0.1) is 13.2 Å². The summed E-state index contributed by atoms with van der Waals surface area (Å²) < 4.78 is 41.2. The number of ether oxygens (including phenoxy) is 1. The van der Waals surface area contributed by atoms with Crippen molar-refractivity contribution in [2.75, 3.05) is 12.3 Å². The van der Waals surface area contributed by atoms with Gasteiger partial charge in [-0.3, -0.25) is 9.59 Å². The van der Waals surface area contributed by atoms with E-state index in [0.717, 1.165) is 29.7 Å². The number of nitrogens with zero attached hydrogens (tertiary/aromatic N) is 1. The summed E-state index contributed by atoms with van der Waals surface area (Å²) in [6.07, 6.45) is -2.33. The normalized spacial score (nSPS) is 22.1. The summed E-state index contributed by atoms with van der Waals surface area (Å²) in [7, 11) is 0. The fourth-order valence-electron chi connectivity index (χ4n) is 4.69. The Morgan fingerprint density at radius 2 is 2.08 bits per heavy atom. The van der Waals surface area contributed by atoms with Crippen LogP contribution in [0.3, 0.4) is 0 Å². The van der Waals surface area contributed by atoms with Crippen LogP contribution < -0.4 is 26.4 Å². The van der Waals surface area contributed by atoms with E-state index in [-0.39, 0.29) is 28.8 Å². The number of anilines is 1. The second-order valence-electron chi connectivity index (χ2n) is 9.18. The van der Waals surface area contributed by atoms with Crippen LogP contribution in [0.2, 0.25) is 5.02 Å². The Balaban J connectivity index is 1.26. The third kappa shape index (κ3) is 6.38. The lowest BCUT2D eigenvalue weighted by atomic mass is 9.96. The van der Waals surface area contributed by atoms with E-state index in [9.17, 15) is 22.8 Å². The van der Waals surface area contributed by atoms with E-state index in [0.29, 0.717) is 25.2 Å². The largest absolute Gasteiger partial charge is 0.573 e. The summed E-state index contributed by atoms with van der Waals surface area (Å²) in [6.45, 7) is 2.18. The molecule has 1 aliphatic carbocycles. The van der Waals surface area contributed by atoms with Gasteiger partial charge in [-0.2, -0.15) is 0 Å². The van der Waals surface area contributed by atoms with Crippen molar-refractivity contribution in [1.82, 2.24) is 20.9 Å². The van der Waals surface area contributed by atoms with Gasteiger partial charge in [0.15, 0.2) is 0 Å². The topological polar surface area (TPSA) is 118 Å². The fourth-order valence-corrected chi connectivity index (χ4v) is 4.93. The van der Waals surface area contributed by atoms with E-state index in [2.05, 4.69) is 25.7 Å². The van der Waals surface area contributed by atoms with Crippen molar-refractivity contribution in [3.8, 4) is 5.75 Å². The second kappa shape index (κ2) is 10.5. The van der Waals surface area contributed by atoms with Crippen LogP contribution >= 0.6 is 11.6 Å². The van der Waals surface area contributed by atoms with Crippen LogP contribution in [0.5, 0.6) is 5.75 Å². The Kier molecular flexibility index (Phi) is 7.60. The number of alkyl halides is 3. The zero-order chi connectivity index (χ0) is 26.0. The fraction of sp³-hybridized carbons (Fsp3) is 0.458. The number of nitrogens with one attached hydrogen (secondary N) is 3. The van der Waals surface area contributed by atoms with E-state index < -0.39 is 24.2 Å². The first-order valence-corrected chi connectivity index (χ1v) is 12.0. The van der Waals surface area contributed by atoms with Crippen molar-refractivity contribution in [2.45, 2.75) is 57.1 Å². The molecule has 0 radical (unpaired) electrons. The molecule has 1 aromatic heterocycles. The van der Waals surface area contributed by atoms with Gasteiger partial charge in [-0.1, -0.05) is 23.7 Å². The zero-order valence-corrected chi connectivity index (χ0v) is 20.2. The zero-order valence-electron chi connectivity index (χ0n) is 19.5. The molecule has 4 rings (SSSR count). The molecular weight excluding hydrogens is 499 g/mol. The Morgan fingerprint density at radius 3 is 2.81 bits per heavy atom. The lowest BCUT2D eigenvalue weighted by Gasteiger charge is -2.20. The minimum atomic E-state index is -4.82. The number of nitrogen functional groups attached to an aromatic ring is 1. The smallest absolute Gasteiger partial charge is 0.404 e. The molecule has 1 aliphatic heterocycles. The first-order valence-electron chi connectivity index (χ1n) is 11.6. The molecule has 1 unspecified atom stereocenters. The molecule has 2 amide bonds. The van der Waals surface area contributed by atoms with Crippen LogP contribution in [-0.4, -0.2) is 41.8 Å². The first-order chi connectivity index (χ1) is 17.0. The van der Waals surface area contributed by atoms with Crippen molar-refractivity contribution in [2.24, 2.45) is 5.92 Å². The molecule has 4 atom stereocenters. The number of pyridine rings is 1. The van der Waals surface area contributed by atoms with Crippen LogP contribution in [0.4, 0.5) is 19.0 Å². The third-order valence-corrected chi connectivity index (χ3v) is 6.72. The maximum atomic E-state index is 12.7. The maximum Gasteiger partial charge on any atom is 0.573 e. The molecule has 2 aromatic rings. The van der Waals surface area contributed by atoms with Gasteiger partial charge in [-0.05, 0) is 74.4 Å². The molecule has 0 spiro atoms. The molecule has 1 aromatic carbocycles. The third-order valence-electron chi connectivity index (χ3n) is 6.43. The number of aromatic nitrogens is 1. The van der Waals surface area contributed by atoms with E-state index in [4.69, 9.17) is 17.3 Å². The lowest BCUT2D eigenvalue weighted by molar-refractivity contribution is -0.274. The van der Waals surface area contributed by atoms with E-state index in [1.807, 2.05) is 6.07 Å². The molecule has 36 heavy (non-hydrogen) atoms. The average Bonchev–Trinajstić information content (AvgIpc) is 3.42. The van der Waals surface area contributed by atoms with Crippen molar-refractivity contribution in [3.63, 3.8) is 0 Å². The number of carbonyl (C=O) groups excluding carboxylic acids is 2. The SMILES string of the molecule is C[C@H](NC(=O)[C@H]1C[C@H](Cc2ccc(OC(F)(F)F)c(Cl)c2)CN1)C(=O)NC1CCc2nc(N)ccc21. The van der Waals surface area contributed by atoms with Crippen molar-refractivity contribution in [1.29, 1.82) is 0 Å². The molecular formula is C24H27ClF3N5O3. The predicted molar refractivity (Wildman–Crippen MR) is 127 cm³/mol. The Hall–Kier alpha value is -3.05. The van der Waals surface area contributed by atoms with Gasteiger partial charge in [0.05, 0.1) is 17.1 Å². The van der Waals surface area contributed by atoms with Crippen LogP contribution in [0.15, 0.2) is 30.3 Å². The molecule has 194 valence electrons. The molecule has 2 aliphatic rings. The molecule has 12 heteroatoms. The van der Waals surface area contributed by atoms with Crippen molar-refractivity contribution < 1.29 is 27.5 Å². The molecule has 0 bridgehead atoms. The van der Waals surface area contributed by atoms with Gasteiger partial charge >= 0.3 is 6.36 Å². The van der Waals surface area contributed by atoms with Crippen molar-refractivity contribution >= 4 is 29.2 Å². The van der Waals surface area contributed by atoms with Gasteiger partial charge in [0, 0.05) is 5.69 Å². The molecule has 8 nitrogen and oxygen atoms in total. The lowest BCUT2D eigenvalue weighted by Crippen LogP contribution is -2.50. The highest BCUT2D eigenvalue weighted by Gasteiger charge is 2.34. The number of fused-ring (bicyclic) bond motifs is 1. The van der Waals surface area contributed by atoms with Gasteiger partial charge in [-0.25, -0.2) is 4.98 Å². The summed E-state index contributed by atoms with van der Waals surface area (Å²) in [6, 6.07) is 6.34. The number of aryl methyl sites for hydroxylation is 1. The van der Waals surface area contributed by atoms with Crippen molar-refractivity contribution in [3.05, 3.63) is 52.2 Å². The maximum absolute atomic E-state index is 12.7. The first kappa shape index (κ1) is 26.0. The number of hydrogen-bond donors (Lipinski definition) is 4. The van der Waals surface area contributed by atoms with Gasteiger partial charge in [0.2, 0.25) is 11.8 Å². The number of amides is 2. The summed E-state index contributed by atoms with van der Waals surface area (Å²) in [5.74, 6) is -0.509.